The van der Waals surface area contributed by atoms with Gasteiger partial charge in [0.15, 0.2) is 0 Å². The highest BCUT2D eigenvalue weighted by atomic mass is 79.9. The Kier molecular flexibility index (Phi) is 4.56. The van der Waals surface area contributed by atoms with Gasteiger partial charge in [0.1, 0.15) is 16.2 Å². The quantitative estimate of drug-likeness (QED) is 0.842. The largest absolute Gasteiger partial charge is 0.391 e. The van der Waals surface area contributed by atoms with Gasteiger partial charge in [0.05, 0.1) is 12.1 Å². The molecule has 0 aromatic carbocycles. The number of nitrogens with zero attached hydrogens (tertiary/aromatic N) is 2. The number of nitrogens with one attached hydrogen (secondary N) is 1. The van der Waals surface area contributed by atoms with Crippen LogP contribution in [0.4, 0.5) is 5.82 Å². The fraction of sp³-hybridized carbons (Fsp3) is 0.692. The third-order valence-corrected chi connectivity index (χ3v) is 3.70. The van der Waals surface area contributed by atoms with Crippen molar-refractivity contribution >= 4 is 21.7 Å². The van der Waals surface area contributed by atoms with Crippen LogP contribution in [0.5, 0.6) is 0 Å². The first-order valence-corrected chi connectivity index (χ1v) is 7.34. The van der Waals surface area contributed by atoms with E-state index in [0.717, 1.165) is 41.9 Å². The van der Waals surface area contributed by atoms with E-state index < -0.39 is 0 Å². The molecule has 1 aliphatic carbocycles. The smallest absolute Gasteiger partial charge is 0.134 e. The van der Waals surface area contributed by atoms with Gasteiger partial charge in [-0.2, -0.15) is 0 Å². The van der Waals surface area contributed by atoms with E-state index in [1.165, 1.54) is 0 Å². The molecule has 0 spiro atoms. The number of anilines is 1. The van der Waals surface area contributed by atoms with Crippen LogP contribution in [-0.2, 0) is 0 Å². The lowest BCUT2D eigenvalue weighted by atomic mass is 9.92. The van der Waals surface area contributed by atoms with E-state index in [9.17, 15) is 5.11 Å². The van der Waals surface area contributed by atoms with Crippen molar-refractivity contribution in [1.29, 1.82) is 0 Å². The van der Waals surface area contributed by atoms with E-state index in [0.29, 0.717) is 5.92 Å². The van der Waals surface area contributed by atoms with Gasteiger partial charge < -0.3 is 10.4 Å². The van der Waals surface area contributed by atoms with Crippen molar-refractivity contribution in [2.75, 3.05) is 5.32 Å². The number of rotatable bonds is 3. The Bertz CT molecular complexity index is 411. The summed E-state index contributed by atoms with van der Waals surface area (Å²) >= 11 is 3.41. The zero-order chi connectivity index (χ0) is 13.1. The molecule has 1 aliphatic rings. The summed E-state index contributed by atoms with van der Waals surface area (Å²) in [6.45, 7) is 4.14. The van der Waals surface area contributed by atoms with Gasteiger partial charge in [0.2, 0.25) is 0 Å². The highest BCUT2D eigenvalue weighted by Crippen LogP contribution is 2.23. The molecule has 1 aromatic heterocycles. The summed E-state index contributed by atoms with van der Waals surface area (Å²) in [5, 5.41) is 13.3. The Balaban J connectivity index is 2.12. The van der Waals surface area contributed by atoms with Crippen LogP contribution < -0.4 is 5.32 Å². The molecule has 0 radical (unpaired) electrons. The van der Waals surface area contributed by atoms with Gasteiger partial charge in [-0.3, -0.25) is 0 Å². The summed E-state index contributed by atoms with van der Waals surface area (Å²) in [4.78, 5) is 8.85. The minimum atomic E-state index is -0.269. The van der Waals surface area contributed by atoms with Crippen molar-refractivity contribution in [2.24, 2.45) is 0 Å². The Labute approximate surface area is 116 Å². The maximum Gasteiger partial charge on any atom is 0.134 e. The molecule has 2 atom stereocenters. The minimum absolute atomic E-state index is 0.112. The fourth-order valence-corrected chi connectivity index (χ4v) is 2.64. The molecule has 1 fully saturated rings. The molecular weight excluding hydrogens is 294 g/mol. The van der Waals surface area contributed by atoms with E-state index in [4.69, 9.17) is 0 Å². The van der Waals surface area contributed by atoms with Gasteiger partial charge in [0.25, 0.3) is 0 Å². The van der Waals surface area contributed by atoms with Crippen molar-refractivity contribution in [2.45, 2.75) is 57.6 Å². The Morgan fingerprint density at radius 2 is 2.06 bits per heavy atom. The highest BCUT2D eigenvalue weighted by molar-refractivity contribution is 9.10. The third kappa shape index (κ3) is 3.42. The van der Waals surface area contributed by atoms with E-state index in [2.05, 4.69) is 45.1 Å². The SMILES string of the molecule is CC(C)c1nc(Br)cc(NC2CCCCC2O)n1. The molecule has 5 heteroatoms. The van der Waals surface area contributed by atoms with Crippen LogP contribution in [0.3, 0.4) is 0 Å². The lowest BCUT2D eigenvalue weighted by Crippen LogP contribution is -2.36. The molecule has 4 nitrogen and oxygen atoms in total. The van der Waals surface area contributed by atoms with E-state index in [1.54, 1.807) is 0 Å². The van der Waals surface area contributed by atoms with E-state index >= 15 is 0 Å². The zero-order valence-electron chi connectivity index (χ0n) is 10.9. The first kappa shape index (κ1) is 13.7. The maximum atomic E-state index is 9.96. The predicted octanol–water partition coefficient (Wildman–Crippen LogP) is 3.08. The normalized spacial score (nSPS) is 24.3. The number of aliphatic hydroxyl groups is 1. The van der Waals surface area contributed by atoms with E-state index in [-0.39, 0.29) is 12.1 Å². The molecule has 2 unspecified atom stereocenters. The second-order valence-corrected chi connectivity index (χ2v) is 6.00. The van der Waals surface area contributed by atoms with Crippen LogP contribution in [0.2, 0.25) is 0 Å². The molecule has 1 heterocycles. The summed E-state index contributed by atoms with van der Waals surface area (Å²) in [5.41, 5.74) is 0. The molecule has 0 bridgehead atoms. The maximum absolute atomic E-state index is 9.96. The van der Waals surface area contributed by atoms with Crippen molar-refractivity contribution in [3.05, 3.63) is 16.5 Å². The summed E-state index contributed by atoms with van der Waals surface area (Å²) in [7, 11) is 0. The molecule has 18 heavy (non-hydrogen) atoms. The molecular formula is C13H20BrN3O. The van der Waals surface area contributed by atoms with Gasteiger partial charge in [-0.1, -0.05) is 26.7 Å². The monoisotopic (exact) mass is 313 g/mol. The van der Waals surface area contributed by atoms with Crippen LogP contribution in [0.25, 0.3) is 0 Å². The second-order valence-electron chi connectivity index (χ2n) is 5.19. The fourth-order valence-electron chi connectivity index (χ4n) is 2.24. The van der Waals surface area contributed by atoms with Gasteiger partial charge in [-0.05, 0) is 28.8 Å². The molecule has 2 N–H and O–H groups in total. The van der Waals surface area contributed by atoms with Gasteiger partial charge in [-0.25, -0.2) is 9.97 Å². The van der Waals surface area contributed by atoms with Crippen LogP contribution in [-0.4, -0.2) is 27.2 Å². The molecule has 1 saturated carbocycles. The summed E-state index contributed by atoms with van der Waals surface area (Å²) in [6, 6.07) is 1.98. The molecule has 0 amide bonds. The van der Waals surface area contributed by atoms with Crippen molar-refractivity contribution in [1.82, 2.24) is 9.97 Å². The van der Waals surface area contributed by atoms with Crippen molar-refractivity contribution < 1.29 is 5.11 Å². The molecule has 0 saturated heterocycles. The van der Waals surface area contributed by atoms with Crippen LogP contribution in [0.1, 0.15) is 51.3 Å². The topological polar surface area (TPSA) is 58.0 Å². The average molecular weight is 314 g/mol. The van der Waals surface area contributed by atoms with Crippen molar-refractivity contribution in [3.8, 4) is 0 Å². The first-order chi connectivity index (χ1) is 8.56. The van der Waals surface area contributed by atoms with Gasteiger partial charge >= 0.3 is 0 Å². The number of hydrogen-bond acceptors (Lipinski definition) is 4. The van der Waals surface area contributed by atoms with Crippen LogP contribution in [0.15, 0.2) is 10.7 Å². The molecule has 0 aliphatic heterocycles. The van der Waals surface area contributed by atoms with Crippen LogP contribution in [0, 0.1) is 0 Å². The number of aromatic nitrogens is 2. The minimum Gasteiger partial charge on any atom is -0.391 e. The highest BCUT2D eigenvalue weighted by Gasteiger charge is 2.23. The predicted molar refractivity (Wildman–Crippen MR) is 75.7 cm³/mol. The Hall–Kier alpha value is -0.680. The molecule has 1 aromatic rings. The summed E-state index contributed by atoms with van der Waals surface area (Å²) in [6.07, 6.45) is 3.89. The Morgan fingerprint density at radius 3 is 2.72 bits per heavy atom. The van der Waals surface area contributed by atoms with Crippen LogP contribution >= 0.6 is 15.9 Å². The van der Waals surface area contributed by atoms with Crippen molar-refractivity contribution in [3.63, 3.8) is 0 Å². The lowest BCUT2D eigenvalue weighted by molar-refractivity contribution is 0.116. The number of halogens is 1. The third-order valence-electron chi connectivity index (χ3n) is 3.29. The second kappa shape index (κ2) is 5.97. The summed E-state index contributed by atoms with van der Waals surface area (Å²) in [5.74, 6) is 1.91. The molecule has 2 rings (SSSR count). The number of hydrogen-bond donors (Lipinski definition) is 2. The number of aliphatic hydroxyl groups excluding tert-OH is 1. The van der Waals surface area contributed by atoms with E-state index in [1.807, 2.05) is 6.07 Å². The standard InChI is InChI=1S/C13H20BrN3O/c1-8(2)13-16-11(14)7-12(17-13)15-9-5-3-4-6-10(9)18/h7-10,18H,3-6H2,1-2H3,(H,15,16,17). The Morgan fingerprint density at radius 1 is 1.33 bits per heavy atom. The first-order valence-electron chi connectivity index (χ1n) is 6.55. The molecule has 100 valence electrons. The lowest BCUT2D eigenvalue weighted by Gasteiger charge is -2.28. The van der Waals surface area contributed by atoms with Gasteiger partial charge in [-0.15, -0.1) is 0 Å². The summed E-state index contributed by atoms with van der Waals surface area (Å²) < 4.78 is 0.786. The average Bonchev–Trinajstić information content (AvgIpc) is 2.31. The van der Waals surface area contributed by atoms with Gasteiger partial charge in [0, 0.05) is 12.0 Å². The zero-order valence-corrected chi connectivity index (χ0v) is 12.4.